The molecule has 2 unspecified atom stereocenters. The van der Waals surface area contributed by atoms with E-state index in [2.05, 4.69) is 5.32 Å². The monoisotopic (exact) mass is 182 g/mol. The lowest BCUT2D eigenvalue weighted by Crippen LogP contribution is -2.28. The average molecular weight is 182 g/mol. The summed E-state index contributed by atoms with van der Waals surface area (Å²) >= 11 is 0. The van der Waals surface area contributed by atoms with E-state index in [1.54, 1.807) is 19.1 Å². The predicted octanol–water partition coefficient (Wildman–Crippen LogP) is 1.64. The summed E-state index contributed by atoms with van der Waals surface area (Å²) in [4.78, 5) is 0. The van der Waals surface area contributed by atoms with Crippen LogP contribution in [0, 0.1) is 6.92 Å². The minimum absolute atomic E-state index is 0.518. The highest BCUT2D eigenvalue weighted by Gasteiger charge is 2.13. The molecule has 0 saturated carbocycles. The number of rotatable bonds is 3. The van der Waals surface area contributed by atoms with Gasteiger partial charge in [-0.2, -0.15) is 0 Å². The fraction of sp³-hybridized carbons (Fsp3) is 0.455. The standard InChI is InChI=1S/C11H17NO/c1-8-4-6-10(7-5-8)11(13)9(2)12-3/h4-7,9,11-13H,1-3H3/i3D3. The van der Waals surface area contributed by atoms with Crippen molar-refractivity contribution >= 4 is 0 Å². The van der Waals surface area contributed by atoms with E-state index < -0.39 is 19.1 Å². The number of hydrogen-bond donors (Lipinski definition) is 2. The van der Waals surface area contributed by atoms with Crippen LogP contribution in [0.2, 0.25) is 0 Å². The largest absolute Gasteiger partial charge is 0.387 e. The normalized spacial score (nSPS) is 19.8. The molecule has 0 radical (unpaired) electrons. The smallest absolute Gasteiger partial charge is 0.0940 e. The molecule has 72 valence electrons. The highest BCUT2D eigenvalue weighted by atomic mass is 16.3. The van der Waals surface area contributed by atoms with E-state index >= 15 is 0 Å². The van der Waals surface area contributed by atoms with Gasteiger partial charge in [0, 0.05) is 10.2 Å². The average Bonchev–Trinajstić information content (AvgIpc) is 2.15. The summed E-state index contributed by atoms with van der Waals surface area (Å²) in [5, 5.41) is 12.3. The maximum atomic E-state index is 9.93. The molecule has 1 aromatic carbocycles. The molecule has 0 bridgehead atoms. The topological polar surface area (TPSA) is 32.3 Å². The van der Waals surface area contributed by atoms with Gasteiger partial charge in [-0.1, -0.05) is 29.8 Å². The zero-order valence-electron chi connectivity index (χ0n) is 10.9. The van der Waals surface area contributed by atoms with Crippen LogP contribution in [0.5, 0.6) is 0 Å². The van der Waals surface area contributed by atoms with Gasteiger partial charge in [-0.15, -0.1) is 0 Å². The summed E-state index contributed by atoms with van der Waals surface area (Å²) in [5.41, 5.74) is 1.82. The lowest BCUT2D eigenvalue weighted by molar-refractivity contribution is 0.140. The van der Waals surface area contributed by atoms with Gasteiger partial charge in [0.05, 0.1) is 6.10 Å². The molecular weight excluding hydrogens is 162 g/mol. The second kappa shape index (κ2) is 4.40. The van der Waals surface area contributed by atoms with Crippen molar-refractivity contribution in [2.75, 3.05) is 6.98 Å². The Labute approximate surface area is 83.8 Å². The van der Waals surface area contributed by atoms with Crippen LogP contribution < -0.4 is 5.32 Å². The van der Waals surface area contributed by atoms with Crippen LogP contribution in [0.3, 0.4) is 0 Å². The van der Waals surface area contributed by atoms with E-state index in [1.807, 2.05) is 19.1 Å². The lowest BCUT2D eigenvalue weighted by atomic mass is 10.0. The number of likely N-dealkylation sites (N-methyl/N-ethyl adjacent to an activating group) is 1. The third-order valence-corrected chi connectivity index (χ3v) is 2.12. The van der Waals surface area contributed by atoms with E-state index in [4.69, 9.17) is 4.11 Å². The van der Waals surface area contributed by atoms with Crippen molar-refractivity contribution in [3.8, 4) is 0 Å². The Balaban J connectivity index is 2.70. The SMILES string of the molecule is [2H]C([2H])([2H])NC(C)C(O)c1ccc(C)cc1. The van der Waals surface area contributed by atoms with Gasteiger partial charge in [-0.25, -0.2) is 0 Å². The van der Waals surface area contributed by atoms with Gasteiger partial charge in [-0.3, -0.25) is 0 Å². The van der Waals surface area contributed by atoms with E-state index in [9.17, 15) is 5.11 Å². The molecule has 1 aromatic rings. The molecule has 2 heteroatoms. The number of hydrogen-bond acceptors (Lipinski definition) is 2. The van der Waals surface area contributed by atoms with Crippen LogP contribution >= 0.6 is 0 Å². The molecule has 0 saturated heterocycles. The van der Waals surface area contributed by atoms with E-state index in [-0.39, 0.29) is 0 Å². The molecule has 13 heavy (non-hydrogen) atoms. The van der Waals surface area contributed by atoms with E-state index in [0.29, 0.717) is 0 Å². The third kappa shape index (κ3) is 2.54. The van der Waals surface area contributed by atoms with E-state index in [1.165, 1.54) is 0 Å². The molecule has 0 spiro atoms. The first-order valence-electron chi connectivity index (χ1n) is 5.82. The second-order valence-corrected chi connectivity index (χ2v) is 3.29. The molecule has 2 nitrogen and oxygen atoms in total. The summed E-state index contributed by atoms with van der Waals surface area (Å²) in [6.07, 6.45) is -0.818. The van der Waals surface area contributed by atoms with Crippen molar-refractivity contribution in [2.24, 2.45) is 0 Å². The number of benzene rings is 1. The highest BCUT2D eigenvalue weighted by molar-refractivity contribution is 5.23. The Kier molecular flexibility index (Phi) is 2.22. The predicted molar refractivity (Wildman–Crippen MR) is 54.7 cm³/mol. The molecule has 0 fully saturated rings. The zero-order chi connectivity index (χ0) is 12.3. The molecule has 1 rings (SSSR count). The first kappa shape index (κ1) is 6.57. The number of aliphatic hydroxyl groups excluding tert-OH is 1. The number of aliphatic hydroxyl groups is 1. The molecular formula is C11H17NO. The Bertz CT molecular complexity index is 334. The van der Waals surface area contributed by atoms with Gasteiger partial charge in [0.25, 0.3) is 0 Å². The summed E-state index contributed by atoms with van der Waals surface area (Å²) in [7, 11) is 0. The van der Waals surface area contributed by atoms with Crippen molar-refractivity contribution in [1.29, 1.82) is 0 Å². The Hall–Kier alpha value is -0.860. The van der Waals surface area contributed by atoms with Crippen molar-refractivity contribution in [1.82, 2.24) is 5.32 Å². The van der Waals surface area contributed by atoms with Crippen molar-refractivity contribution in [2.45, 2.75) is 26.0 Å². The molecule has 0 heterocycles. The molecule has 0 aliphatic heterocycles. The van der Waals surface area contributed by atoms with Crippen molar-refractivity contribution in [3.05, 3.63) is 35.4 Å². The quantitative estimate of drug-likeness (QED) is 0.744. The van der Waals surface area contributed by atoms with Gasteiger partial charge in [0.2, 0.25) is 0 Å². The minimum Gasteiger partial charge on any atom is -0.387 e. The molecule has 0 aliphatic carbocycles. The van der Waals surface area contributed by atoms with Crippen molar-refractivity contribution < 1.29 is 9.22 Å². The molecule has 0 aromatic heterocycles. The van der Waals surface area contributed by atoms with Crippen LogP contribution in [0.1, 0.15) is 28.3 Å². The number of aryl methyl sites for hydroxylation is 1. The van der Waals surface area contributed by atoms with Gasteiger partial charge in [0.1, 0.15) is 0 Å². The van der Waals surface area contributed by atoms with Crippen LogP contribution in [0.15, 0.2) is 24.3 Å². The molecule has 2 atom stereocenters. The van der Waals surface area contributed by atoms with Crippen LogP contribution in [0.25, 0.3) is 0 Å². The second-order valence-electron chi connectivity index (χ2n) is 3.29. The fourth-order valence-corrected chi connectivity index (χ4v) is 1.13. The van der Waals surface area contributed by atoms with Crippen molar-refractivity contribution in [3.63, 3.8) is 0 Å². The zero-order valence-corrected chi connectivity index (χ0v) is 7.91. The van der Waals surface area contributed by atoms with Gasteiger partial charge in [-0.05, 0) is 26.4 Å². The summed E-state index contributed by atoms with van der Waals surface area (Å²) in [6, 6.07) is 6.87. The molecule has 0 aliphatic rings. The van der Waals surface area contributed by atoms with Gasteiger partial charge >= 0.3 is 0 Å². The number of nitrogens with one attached hydrogen (secondary N) is 1. The maximum Gasteiger partial charge on any atom is 0.0940 e. The molecule has 2 N–H and O–H groups in total. The maximum absolute atomic E-state index is 9.93. The first-order chi connectivity index (χ1) is 7.29. The minimum atomic E-state index is -2.23. The summed E-state index contributed by atoms with van der Waals surface area (Å²) in [6.45, 7) is 1.38. The highest BCUT2D eigenvalue weighted by Crippen LogP contribution is 2.16. The first-order valence-corrected chi connectivity index (χ1v) is 4.32. The van der Waals surface area contributed by atoms with Crippen LogP contribution in [-0.2, 0) is 0 Å². The summed E-state index contributed by atoms with van der Waals surface area (Å²) in [5.74, 6) is 0. The van der Waals surface area contributed by atoms with Crippen LogP contribution in [-0.4, -0.2) is 18.1 Å². The van der Waals surface area contributed by atoms with Crippen LogP contribution in [0.4, 0.5) is 0 Å². The van der Waals surface area contributed by atoms with Gasteiger partial charge in [0.15, 0.2) is 0 Å². The third-order valence-electron chi connectivity index (χ3n) is 2.12. The lowest BCUT2D eigenvalue weighted by Gasteiger charge is -2.18. The summed E-state index contributed by atoms with van der Waals surface area (Å²) < 4.78 is 21.2. The molecule has 0 amide bonds. The van der Waals surface area contributed by atoms with Gasteiger partial charge < -0.3 is 10.4 Å². The van der Waals surface area contributed by atoms with E-state index in [0.717, 1.165) is 11.1 Å². The fourth-order valence-electron chi connectivity index (χ4n) is 1.13. The Morgan fingerprint density at radius 1 is 1.38 bits per heavy atom. The Morgan fingerprint density at radius 2 is 2.00 bits per heavy atom. The Morgan fingerprint density at radius 3 is 2.54 bits per heavy atom.